The van der Waals surface area contributed by atoms with Crippen molar-refractivity contribution < 1.29 is 14.6 Å². The third kappa shape index (κ3) is 4.83. The molecule has 1 aromatic heterocycles. The maximum absolute atomic E-state index is 12.4. The predicted octanol–water partition coefficient (Wildman–Crippen LogP) is 3.20. The number of non-ortho nitro benzene ring substituents is 2. The predicted molar refractivity (Wildman–Crippen MR) is 98.9 cm³/mol. The molecule has 27 heavy (non-hydrogen) atoms. The Morgan fingerprint density at radius 1 is 1.11 bits per heavy atom. The summed E-state index contributed by atoms with van der Waals surface area (Å²) in [4.78, 5) is 39.4. The van der Waals surface area contributed by atoms with Crippen LogP contribution in [-0.2, 0) is 6.54 Å². The van der Waals surface area contributed by atoms with Gasteiger partial charge < -0.3 is 0 Å². The minimum Gasteiger partial charge on any atom is -0.298 e. The summed E-state index contributed by atoms with van der Waals surface area (Å²) in [7, 11) is 0. The SMILES string of the molecule is O=C(Nc1nc(CN2CCCCC2)cs1)c1cc([N+](=O)[O-])cc([N+](=O)[O-])c1. The topological polar surface area (TPSA) is 132 Å². The van der Waals surface area contributed by atoms with Crippen molar-refractivity contribution >= 4 is 33.8 Å². The Labute approximate surface area is 158 Å². The fraction of sp³-hybridized carbons (Fsp3) is 0.375. The summed E-state index contributed by atoms with van der Waals surface area (Å²) in [5, 5.41) is 26.6. The Bertz CT molecular complexity index is 846. The Morgan fingerprint density at radius 3 is 2.33 bits per heavy atom. The molecule has 0 unspecified atom stereocenters. The molecule has 0 spiro atoms. The first-order valence-corrected chi connectivity index (χ1v) is 9.22. The van der Waals surface area contributed by atoms with E-state index in [1.807, 2.05) is 5.38 Å². The first kappa shape index (κ1) is 18.9. The maximum atomic E-state index is 12.4. The number of nitrogens with zero attached hydrogens (tertiary/aromatic N) is 4. The highest BCUT2D eigenvalue weighted by molar-refractivity contribution is 7.13. The van der Waals surface area contributed by atoms with Crippen molar-refractivity contribution in [3.05, 3.63) is 55.1 Å². The number of piperidine rings is 1. The van der Waals surface area contributed by atoms with E-state index in [0.29, 0.717) is 11.7 Å². The van der Waals surface area contributed by atoms with Crippen LogP contribution in [0.2, 0.25) is 0 Å². The van der Waals surface area contributed by atoms with Crippen LogP contribution in [0.4, 0.5) is 16.5 Å². The van der Waals surface area contributed by atoms with E-state index in [1.165, 1.54) is 30.6 Å². The molecule has 1 N–H and O–H groups in total. The number of aromatic nitrogens is 1. The van der Waals surface area contributed by atoms with E-state index in [4.69, 9.17) is 0 Å². The molecule has 0 atom stereocenters. The minimum atomic E-state index is -0.774. The van der Waals surface area contributed by atoms with E-state index < -0.39 is 27.1 Å². The molecule has 3 rings (SSSR count). The van der Waals surface area contributed by atoms with Crippen LogP contribution in [0.1, 0.15) is 35.3 Å². The Hall–Kier alpha value is -2.92. The van der Waals surface area contributed by atoms with Gasteiger partial charge in [0.15, 0.2) is 5.13 Å². The number of likely N-dealkylation sites (tertiary alicyclic amines) is 1. The van der Waals surface area contributed by atoms with E-state index in [-0.39, 0.29) is 5.56 Å². The molecule has 0 saturated carbocycles. The number of carbonyl (C=O) groups is 1. The lowest BCUT2D eigenvalue weighted by molar-refractivity contribution is -0.394. The molecule has 1 aliphatic rings. The molecule has 2 heterocycles. The number of rotatable bonds is 6. The van der Waals surface area contributed by atoms with Gasteiger partial charge in [0.05, 0.1) is 27.2 Å². The number of nitro benzene ring substituents is 2. The maximum Gasteiger partial charge on any atom is 0.277 e. The molecule has 0 radical (unpaired) electrons. The summed E-state index contributed by atoms with van der Waals surface area (Å²) in [6.07, 6.45) is 3.57. The normalized spacial score (nSPS) is 14.7. The van der Waals surface area contributed by atoms with Crippen molar-refractivity contribution in [3.8, 4) is 0 Å². The van der Waals surface area contributed by atoms with E-state index in [0.717, 1.165) is 37.0 Å². The molecular formula is C16H17N5O5S. The molecule has 11 heteroatoms. The molecule has 1 aromatic carbocycles. The van der Waals surface area contributed by atoms with Crippen molar-refractivity contribution in [2.24, 2.45) is 0 Å². The molecule has 1 saturated heterocycles. The zero-order valence-corrected chi connectivity index (χ0v) is 15.1. The number of anilines is 1. The second kappa shape index (κ2) is 8.18. The van der Waals surface area contributed by atoms with Gasteiger partial charge in [0.1, 0.15) is 0 Å². The molecular weight excluding hydrogens is 374 g/mol. The van der Waals surface area contributed by atoms with Gasteiger partial charge in [0.2, 0.25) is 0 Å². The van der Waals surface area contributed by atoms with Gasteiger partial charge in [0.25, 0.3) is 17.3 Å². The smallest absolute Gasteiger partial charge is 0.277 e. The second-order valence-electron chi connectivity index (χ2n) is 6.19. The van der Waals surface area contributed by atoms with Gasteiger partial charge in [0, 0.05) is 24.1 Å². The minimum absolute atomic E-state index is 0.163. The number of benzene rings is 1. The summed E-state index contributed by atoms with van der Waals surface area (Å²) in [5.41, 5.74) is -0.357. The highest BCUT2D eigenvalue weighted by Crippen LogP contribution is 2.24. The van der Waals surface area contributed by atoms with E-state index >= 15 is 0 Å². The van der Waals surface area contributed by atoms with E-state index in [1.54, 1.807) is 0 Å². The number of nitrogens with one attached hydrogen (secondary N) is 1. The van der Waals surface area contributed by atoms with Crippen LogP contribution in [0.25, 0.3) is 0 Å². The molecule has 0 aliphatic carbocycles. The van der Waals surface area contributed by atoms with Crippen LogP contribution in [-0.4, -0.2) is 38.7 Å². The number of amides is 1. The quantitative estimate of drug-likeness (QED) is 0.591. The van der Waals surface area contributed by atoms with Crippen LogP contribution >= 0.6 is 11.3 Å². The van der Waals surface area contributed by atoms with Gasteiger partial charge in [-0.15, -0.1) is 11.3 Å². The lowest BCUT2D eigenvalue weighted by Crippen LogP contribution is -2.29. The van der Waals surface area contributed by atoms with E-state index in [2.05, 4.69) is 15.2 Å². The van der Waals surface area contributed by atoms with Gasteiger partial charge in [-0.3, -0.25) is 35.2 Å². The second-order valence-corrected chi connectivity index (χ2v) is 7.05. The summed E-state index contributed by atoms with van der Waals surface area (Å²) in [5.74, 6) is -0.680. The number of hydrogen-bond donors (Lipinski definition) is 1. The average Bonchev–Trinajstić information content (AvgIpc) is 3.08. The summed E-state index contributed by atoms with van der Waals surface area (Å²) in [6.45, 7) is 2.75. The first-order chi connectivity index (χ1) is 12.9. The van der Waals surface area contributed by atoms with Gasteiger partial charge >= 0.3 is 0 Å². The van der Waals surface area contributed by atoms with Crippen molar-refractivity contribution in [2.75, 3.05) is 18.4 Å². The average molecular weight is 391 g/mol. The van der Waals surface area contributed by atoms with Gasteiger partial charge in [-0.05, 0) is 25.9 Å². The number of hydrogen-bond acceptors (Lipinski definition) is 8. The largest absolute Gasteiger partial charge is 0.298 e. The van der Waals surface area contributed by atoms with Crippen molar-refractivity contribution in [1.29, 1.82) is 0 Å². The standard InChI is InChI=1S/C16H17N5O5S/c22-15(11-6-13(20(23)24)8-14(7-11)21(25)26)18-16-17-12(10-27-16)9-19-4-2-1-3-5-19/h6-8,10H,1-5,9H2,(H,17,18,22). The third-order valence-electron chi connectivity index (χ3n) is 4.19. The van der Waals surface area contributed by atoms with Crippen LogP contribution in [0.3, 0.4) is 0 Å². The van der Waals surface area contributed by atoms with Crippen LogP contribution in [0.15, 0.2) is 23.6 Å². The number of thiazole rings is 1. The lowest BCUT2D eigenvalue weighted by atomic mass is 10.1. The van der Waals surface area contributed by atoms with Gasteiger partial charge in [-0.1, -0.05) is 6.42 Å². The fourth-order valence-electron chi connectivity index (χ4n) is 2.89. The summed E-state index contributed by atoms with van der Waals surface area (Å²) >= 11 is 1.24. The van der Waals surface area contributed by atoms with Crippen LogP contribution < -0.4 is 5.32 Å². The Kier molecular flexibility index (Phi) is 5.72. The van der Waals surface area contributed by atoms with Gasteiger partial charge in [-0.25, -0.2) is 4.98 Å². The number of nitro groups is 2. The molecule has 10 nitrogen and oxygen atoms in total. The van der Waals surface area contributed by atoms with Crippen molar-refractivity contribution in [3.63, 3.8) is 0 Å². The first-order valence-electron chi connectivity index (χ1n) is 8.34. The fourth-order valence-corrected chi connectivity index (χ4v) is 3.59. The van der Waals surface area contributed by atoms with Crippen LogP contribution in [0, 0.1) is 20.2 Å². The molecule has 0 bridgehead atoms. The highest BCUT2D eigenvalue weighted by Gasteiger charge is 2.21. The molecule has 142 valence electrons. The lowest BCUT2D eigenvalue weighted by Gasteiger charge is -2.25. The van der Waals surface area contributed by atoms with Gasteiger partial charge in [-0.2, -0.15) is 0 Å². The third-order valence-corrected chi connectivity index (χ3v) is 5.00. The molecule has 1 aliphatic heterocycles. The summed E-state index contributed by atoms with van der Waals surface area (Å²) in [6, 6.07) is 2.83. The summed E-state index contributed by atoms with van der Waals surface area (Å²) < 4.78 is 0. The zero-order chi connectivity index (χ0) is 19.4. The van der Waals surface area contributed by atoms with Crippen molar-refractivity contribution in [2.45, 2.75) is 25.8 Å². The monoisotopic (exact) mass is 391 g/mol. The molecule has 2 aromatic rings. The molecule has 1 fully saturated rings. The van der Waals surface area contributed by atoms with Crippen LogP contribution in [0.5, 0.6) is 0 Å². The Morgan fingerprint density at radius 2 is 1.74 bits per heavy atom. The molecule has 1 amide bonds. The van der Waals surface area contributed by atoms with E-state index in [9.17, 15) is 25.0 Å². The van der Waals surface area contributed by atoms with Crippen molar-refractivity contribution in [1.82, 2.24) is 9.88 Å². The zero-order valence-electron chi connectivity index (χ0n) is 14.3. The number of carbonyl (C=O) groups excluding carboxylic acids is 1. The highest BCUT2D eigenvalue weighted by atomic mass is 32.1. The Balaban J connectivity index is 1.71.